The molecule has 1 aliphatic rings. The van der Waals surface area contributed by atoms with E-state index >= 15 is 0 Å². The van der Waals surface area contributed by atoms with Gasteiger partial charge >= 0.3 is 0 Å². The molecule has 0 bridgehead atoms. The van der Waals surface area contributed by atoms with Crippen molar-refractivity contribution in [1.29, 1.82) is 0 Å². The van der Waals surface area contributed by atoms with Gasteiger partial charge in [-0.3, -0.25) is 19.7 Å². The van der Waals surface area contributed by atoms with Crippen LogP contribution in [0.25, 0.3) is 6.08 Å². The van der Waals surface area contributed by atoms with Gasteiger partial charge in [-0.25, -0.2) is 0 Å². The van der Waals surface area contributed by atoms with E-state index in [1.807, 2.05) is 6.07 Å². The van der Waals surface area contributed by atoms with Crippen molar-refractivity contribution in [2.75, 3.05) is 18.6 Å². The third-order valence-corrected chi connectivity index (χ3v) is 4.37. The van der Waals surface area contributed by atoms with Crippen LogP contribution < -0.4 is 15.0 Å². The first-order chi connectivity index (χ1) is 13.5. The number of anilines is 1. The Morgan fingerprint density at radius 3 is 2.71 bits per heavy atom. The van der Waals surface area contributed by atoms with Gasteiger partial charge in [0.15, 0.2) is 0 Å². The summed E-state index contributed by atoms with van der Waals surface area (Å²) in [4.78, 5) is 36.2. The molecule has 144 valence electrons. The third-order valence-electron chi connectivity index (χ3n) is 4.37. The summed E-state index contributed by atoms with van der Waals surface area (Å²) >= 11 is 0. The molecular weight excluding hydrogens is 362 g/mol. The topological polar surface area (TPSA) is 102 Å². The van der Waals surface area contributed by atoms with Crippen molar-refractivity contribution in [2.45, 2.75) is 12.5 Å². The molecule has 1 heterocycles. The molecule has 1 fully saturated rings. The van der Waals surface area contributed by atoms with Crippen LogP contribution in [0, 0.1) is 10.1 Å². The van der Waals surface area contributed by atoms with Crippen LogP contribution in [-0.2, 0) is 9.59 Å². The minimum Gasteiger partial charge on any atom is -0.497 e. The number of hydrogen-bond donors (Lipinski definition) is 1. The second-order valence-electron chi connectivity index (χ2n) is 6.30. The van der Waals surface area contributed by atoms with E-state index in [1.165, 1.54) is 18.2 Å². The Morgan fingerprint density at radius 2 is 2.04 bits per heavy atom. The Hall–Kier alpha value is -3.68. The summed E-state index contributed by atoms with van der Waals surface area (Å²) in [5, 5.41) is 13.5. The zero-order chi connectivity index (χ0) is 20.1. The normalized spacial score (nSPS) is 16.4. The number of carbonyl (C=O) groups excluding carboxylic acids is 2. The van der Waals surface area contributed by atoms with Gasteiger partial charge in [0.25, 0.3) is 5.69 Å². The first-order valence-corrected chi connectivity index (χ1v) is 8.63. The van der Waals surface area contributed by atoms with Gasteiger partial charge < -0.3 is 15.0 Å². The summed E-state index contributed by atoms with van der Waals surface area (Å²) in [6.45, 7) is 0.378. The molecular formula is C20H19N3O5. The molecule has 2 amide bonds. The number of amides is 2. The Labute approximate surface area is 161 Å². The van der Waals surface area contributed by atoms with Gasteiger partial charge in [-0.05, 0) is 35.9 Å². The van der Waals surface area contributed by atoms with E-state index in [1.54, 1.807) is 48.4 Å². The molecule has 0 aromatic heterocycles. The van der Waals surface area contributed by atoms with E-state index in [0.717, 1.165) is 5.69 Å². The van der Waals surface area contributed by atoms with E-state index in [4.69, 9.17) is 4.74 Å². The van der Waals surface area contributed by atoms with Gasteiger partial charge in [0.05, 0.1) is 18.1 Å². The number of nitrogens with one attached hydrogen (secondary N) is 1. The van der Waals surface area contributed by atoms with Crippen molar-refractivity contribution in [2.24, 2.45) is 0 Å². The molecule has 3 rings (SSSR count). The molecule has 1 saturated heterocycles. The summed E-state index contributed by atoms with van der Waals surface area (Å²) < 4.78 is 5.18. The van der Waals surface area contributed by atoms with Crippen LogP contribution in [-0.4, -0.2) is 36.4 Å². The molecule has 8 heteroatoms. The summed E-state index contributed by atoms with van der Waals surface area (Å²) in [5.74, 6) is 0.255. The second-order valence-corrected chi connectivity index (χ2v) is 6.30. The highest BCUT2D eigenvalue weighted by Crippen LogP contribution is 2.25. The Morgan fingerprint density at radius 1 is 1.29 bits per heavy atom. The third kappa shape index (κ3) is 4.53. The summed E-state index contributed by atoms with van der Waals surface area (Å²) in [7, 11) is 1.56. The largest absolute Gasteiger partial charge is 0.497 e. The molecule has 0 aliphatic carbocycles. The Kier molecular flexibility index (Phi) is 5.69. The molecule has 1 atom stereocenters. The lowest BCUT2D eigenvalue weighted by atomic mass is 10.2. The van der Waals surface area contributed by atoms with Gasteiger partial charge in [0.1, 0.15) is 5.75 Å². The zero-order valence-corrected chi connectivity index (χ0v) is 15.2. The molecule has 8 nitrogen and oxygen atoms in total. The SMILES string of the molecule is COc1cccc(N2C[C@H](NC(=O)/C=C\c3ccc([N+](=O)[O-])cc3)CC2=O)c1. The van der Waals surface area contributed by atoms with Crippen LogP contribution >= 0.6 is 0 Å². The smallest absolute Gasteiger partial charge is 0.269 e. The number of nitro groups is 1. The average molecular weight is 381 g/mol. The van der Waals surface area contributed by atoms with E-state index < -0.39 is 4.92 Å². The van der Waals surface area contributed by atoms with Crippen LogP contribution in [0.1, 0.15) is 12.0 Å². The zero-order valence-electron chi connectivity index (χ0n) is 15.2. The standard InChI is InChI=1S/C20H19N3O5/c1-28-18-4-2-3-17(12-18)22-13-15(11-20(22)25)21-19(24)10-7-14-5-8-16(9-6-14)23(26)27/h2-10,12,15H,11,13H2,1H3,(H,21,24)/b10-7-/t15-/m1/s1. The fourth-order valence-corrected chi connectivity index (χ4v) is 2.96. The number of nitrogens with zero attached hydrogens (tertiary/aromatic N) is 2. The van der Waals surface area contributed by atoms with Crippen molar-refractivity contribution in [3.63, 3.8) is 0 Å². The van der Waals surface area contributed by atoms with Gasteiger partial charge in [-0.1, -0.05) is 6.07 Å². The second kappa shape index (κ2) is 8.34. The number of hydrogen-bond acceptors (Lipinski definition) is 5. The molecule has 1 aliphatic heterocycles. The first-order valence-electron chi connectivity index (χ1n) is 8.63. The number of non-ortho nitro benzene ring substituents is 1. The molecule has 1 N–H and O–H groups in total. The quantitative estimate of drug-likeness (QED) is 0.471. The van der Waals surface area contributed by atoms with Crippen LogP contribution in [0.4, 0.5) is 11.4 Å². The summed E-state index contributed by atoms with van der Waals surface area (Å²) in [5.41, 5.74) is 1.38. The fraction of sp³-hybridized carbons (Fsp3) is 0.200. The minimum atomic E-state index is -0.481. The van der Waals surface area contributed by atoms with E-state index in [-0.39, 0.29) is 30.0 Å². The highest BCUT2D eigenvalue weighted by molar-refractivity contribution is 5.98. The van der Waals surface area contributed by atoms with Crippen molar-refractivity contribution in [1.82, 2.24) is 5.32 Å². The molecule has 2 aromatic carbocycles. The monoisotopic (exact) mass is 381 g/mol. The maximum absolute atomic E-state index is 12.3. The molecule has 2 aromatic rings. The minimum absolute atomic E-state index is 0.0105. The lowest BCUT2D eigenvalue weighted by Gasteiger charge is -2.17. The molecule has 0 radical (unpaired) electrons. The van der Waals surface area contributed by atoms with Gasteiger partial charge in [-0.2, -0.15) is 0 Å². The lowest BCUT2D eigenvalue weighted by Crippen LogP contribution is -2.36. The average Bonchev–Trinajstić information content (AvgIpc) is 3.06. The Bertz CT molecular complexity index is 924. The molecule has 0 spiro atoms. The number of nitro benzene ring substituents is 1. The predicted octanol–water partition coefficient (Wildman–Crippen LogP) is 2.54. The van der Waals surface area contributed by atoms with Crippen molar-refractivity contribution < 1.29 is 19.2 Å². The van der Waals surface area contributed by atoms with Gasteiger partial charge in [0.2, 0.25) is 11.8 Å². The predicted molar refractivity (Wildman–Crippen MR) is 104 cm³/mol. The van der Waals surface area contributed by atoms with E-state index in [0.29, 0.717) is 17.9 Å². The Balaban J connectivity index is 1.58. The number of benzene rings is 2. The lowest BCUT2D eigenvalue weighted by molar-refractivity contribution is -0.384. The van der Waals surface area contributed by atoms with Crippen molar-refractivity contribution in [3.05, 3.63) is 70.3 Å². The highest BCUT2D eigenvalue weighted by atomic mass is 16.6. The number of ether oxygens (including phenoxy) is 1. The number of rotatable bonds is 6. The number of methoxy groups -OCH3 is 1. The highest BCUT2D eigenvalue weighted by Gasteiger charge is 2.31. The first kappa shape index (κ1) is 19.1. The van der Waals surface area contributed by atoms with Crippen LogP contribution in [0.2, 0.25) is 0 Å². The maximum atomic E-state index is 12.3. The van der Waals surface area contributed by atoms with E-state index in [9.17, 15) is 19.7 Å². The summed E-state index contributed by atoms with van der Waals surface area (Å²) in [6.07, 6.45) is 3.13. The van der Waals surface area contributed by atoms with Gasteiger partial charge in [0, 0.05) is 42.9 Å². The van der Waals surface area contributed by atoms with Crippen LogP contribution in [0.5, 0.6) is 5.75 Å². The summed E-state index contributed by atoms with van der Waals surface area (Å²) in [6, 6.07) is 12.8. The van der Waals surface area contributed by atoms with E-state index in [2.05, 4.69) is 5.32 Å². The van der Waals surface area contributed by atoms with Gasteiger partial charge in [-0.15, -0.1) is 0 Å². The van der Waals surface area contributed by atoms with Crippen LogP contribution in [0.15, 0.2) is 54.6 Å². The maximum Gasteiger partial charge on any atom is 0.269 e. The van der Waals surface area contributed by atoms with Crippen LogP contribution in [0.3, 0.4) is 0 Å². The molecule has 0 saturated carbocycles. The number of carbonyl (C=O) groups is 2. The van der Waals surface area contributed by atoms with Crippen molar-refractivity contribution >= 4 is 29.3 Å². The molecule has 0 unspecified atom stereocenters. The fourth-order valence-electron chi connectivity index (χ4n) is 2.96. The van der Waals surface area contributed by atoms with Crippen molar-refractivity contribution in [3.8, 4) is 5.75 Å². The molecule has 28 heavy (non-hydrogen) atoms.